The summed E-state index contributed by atoms with van der Waals surface area (Å²) in [5.41, 5.74) is 2.85. The summed E-state index contributed by atoms with van der Waals surface area (Å²) in [6.07, 6.45) is 1.67. The third-order valence-electron chi connectivity index (χ3n) is 3.68. The van der Waals surface area contributed by atoms with Crippen LogP contribution in [-0.2, 0) is 0 Å². The Balaban J connectivity index is 2.03. The highest BCUT2D eigenvalue weighted by Gasteiger charge is 2.09. The van der Waals surface area contributed by atoms with Gasteiger partial charge in [-0.05, 0) is 43.4 Å². The molecule has 0 fully saturated rings. The molecule has 7 heteroatoms. The third kappa shape index (κ3) is 3.61. The number of benzene rings is 2. The van der Waals surface area contributed by atoms with Crippen LogP contribution in [0.4, 0.5) is 0 Å². The number of nitrogens with one attached hydrogen (secondary N) is 1. The number of aromatic nitrogens is 3. The lowest BCUT2D eigenvalue weighted by molar-refractivity contribution is 0.402. The maximum atomic E-state index is 5.37. The fourth-order valence-electron chi connectivity index (χ4n) is 2.43. The van der Waals surface area contributed by atoms with Gasteiger partial charge >= 0.3 is 0 Å². The standard InChI is InChI=1S/C18H18N4O2S/c1-12-5-4-6-13(9-12)17-20-21-18(25)22(17)19-11-14-10-15(23-2)7-8-16(14)24-3/h4-11H,1-3H3,(H,21,25). The van der Waals surface area contributed by atoms with Crippen LogP contribution in [0.2, 0.25) is 0 Å². The van der Waals surface area contributed by atoms with Crippen LogP contribution in [0.15, 0.2) is 47.6 Å². The van der Waals surface area contributed by atoms with Gasteiger partial charge in [0, 0.05) is 11.1 Å². The summed E-state index contributed by atoms with van der Waals surface area (Å²) in [6, 6.07) is 13.5. The van der Waals surface area contributed by atoms with Crippen molar-refractivity contribution in [2.75, 3.05) is 14.2 Å². The second-order valence-electron chi connectivity index (χ2n) is 5.39. The first-order valence-corrected chi connectivity index (χ1v) is 8.04. The Bertz CT molecular complexity index is 975. The monoisotopic (exact) mass is 354 g/mol. The average Bonchev–Trinajstić information content (AvgIpc) is 3.00. The summed E-state index contributed by atoms with van der Waals surface area (Å²) in [7, 11) is 3.23. The first kappa shape index (κ1) is 16.9. The van der Waals surface area contributed by atoms with E-state index in [2.05, 4.69) is 15.3 Å². The molecule has 1 N–H and O–H groups in total. The molecule has 0 aliphatic carbocycles. The topological polar surface area (TPSA) is 64.4 Å². The van der Waals surface area contributed by atoms with Crippen molar-refractivity contribution in [3.8, 4) is 22.9 Å². The molecule has 0 saturated carbocycles. The normalized spacial score (nSPS) is 11.0. The molecule has 128 valence electrons. The van der Waals surface area contributed by atoms with Gasteiger partial charge in [0.2, 0.25) is 4.77 Å². The van der Waals surface area contributed by atoms with E-state index in [-0.39, 0.29) is 0 Å². The lowest BCUT2D eigenvalue weighted by atomic mass is 10.1. The molecule has 0 amide bonds. The van der Waals surface area contributed by atoms with Gasteiger partial charge in [-0.3, -0.25) is 0 Å². The number of methoxy groups -OCH3 is 2. The second-order valence-corrected chi connectivity index (χ2v) is 5.77. The van der Waals surface area contributed by atoms with Crippen molar-refractivity contribution in [3.05, 3.63) is 58.4 Å². The zero-order chi connectivity index (χ0) is 17.8. The van der Waals surface area contributed by atoms with E-state index in [1.165, 1.54) is 0 Å². The number of ether oxygens (including phenoxy) is 2. The molecule has 0 radical (unpaired) electrons. The van der Waals surface area contributed by atoms with E-state index >= 15 is 0 Å². The molecule has 0 aliphatic heterocycles. The largest absolute Gasteiger partial charge is 0.497 e. The molecule has 6 nitrogen and oxygen atoms in total. The first-order chi connectivity index (χ1) is 12.1. The van der Waals surface area contributed by atoms with Crippen LogP contribution in [0.1, 0.15) is 11.1 Å². The molecule has 0 aliphatic rings. The molecule has 2 aromatic carbocycles. The van der Waals surface area contributed by atoms with Crippen LogP contribution >= 0.6 is 12.2 Å². The zero-order valence-corrected chi connectivity index (χ0v) is 15.0. The van der Waals surface area contributed by atoms with E-state index in [9.17, 15) is 0 Å². The number of hydrogen-bond donors (Lipinski definition) is 1. The van der Waals surface area contributed by atoms with E-state index in [0.29, 0.717) is 16.3 Å². The maximum absolute atomic E-state index is 5.37. The van der Waals surface area contributed by atoms with E-state index in [1.807, 2.05) is 49.4 Å². The molecule has 0 unspecified atom stereocenters. The summed E-state index contributed by atoms with van der Waals surface area (Å²) >= 11 is 5.31. The van der Waals surface area contributed by atoms with Crippen LogP contribution in [0.25, 0.3) is 11.4 Å². The highest BCUT2D eigenvalue weighted by atomic mass is 32.1. The average molecular weight is 354 g/mol. The van der Waals surface area contributed by atoms with Gasteiger partial charge in [0.1, 0.15) is 11.5 Å². The summed E-state index contributed by atoms with van der Waals surface area (Å²) in [5.74, 6) is 2.06. The van der Waals surface area contributed by atoms with Gasteiger partial charge in [-0.15, -0.1) is 0 Å². The number of nitrogens with zero attached hydrogens (tertiary/aromatic N) is 3. The minimum Gasteiger partial charge on any atom is -0.497 e. The first-order valence-electron chi connectivity index (χ1n) is 7.63. The van der Waals surface area contributed by atoms with Crippen molar-refractivity contribution in [2.45, 2.75) is 6.92 Å². The molecule has 1 heterocycles. The molecule has 0 saturated heterocycles. The molecule has 1 aromatic heterocycles. The highest BCUT2D eigenvalue weighted by Crippen LogP contribution is 2.23. The van der Waals surface area contributed by atoms with Crippen molar-refractivity contribution >= 4 is 18.4 Å². The van der Waals surface area contributed by atoms with Crippen LogP contribution in [0.5, 0.6) is 11.5 Å². The fourth-order valence-corrected chi connectivity index (χ4v) is 2.61. The van der Waals surface area contributed by atoms with Gasteiger partial charge in [0.25, 0.3) is 0 Å². The third-order valence-corrected chi connectivity index (χ3v) is 3.94. The molecule has 0 atom stereocenters. The number of rotatable bonds is 5. The van der Waals surface area contributed by atoms with Crippen LogP contribution in [0, 0.1) is 11.7 Å². The van der Waals surface area contributed by atoms with E-state index in [1.54, 1.807) is 25.1 Å². The van der Waals surface area contributed by atoms with Crippen LogP contribution < -0.4 is 9.47 Å². The minimum atomic E-state index is 0.412. The molecular weight excluding hydrogens is 336 g/mol. The molecule has 3 aromatic rings. The Morgan fingerprint density at radius 2 is 2.00 bits per heavy atom. The predicted molar refractivity (Wildman–Crippen MR) is 100 cm³/mol. The predicted octanol–water partition coefficient (Wildman–Crippen LogP) is 3.82. The summed E-state index contributed by atoms with van der Waals surface area (Å²) in [6.45, 7) is 2.03. The van der Waals surface area contributed by atoms with Crippen molar-refractivity contribution in [1.29, 1.82) is 0 Å². The summed E-state index contributed by atoms with van der Waals surface area (Å²) in [4.78, 5) is 0. The Kier molecular flexibility index (Phi) is 4.95. The maximum Gasteiger partial charge on any atom is 0.216 e. The van der Waals surface area contributed by atoms with Crippen molar-refractivity contribution < 1.29 is 9.47 Å². The quantitative estimate of drug-likeness (QED) is 0.559. The second kappa shape index (κ2) is 7.31. The fraction of sp³-hybridized carbons (Fsp3) is 0.167. The summed E-state index contributed by atoms with van der Waals surface area (Å²) < 4.78 is 12.6. The number of aromatic amines is 1. The molecular formula is C18H18N4O2S. The van der Waals surface area contributed by atoms with E-state index in [4.69, 9.17) is 21.7 Å². The number of hydrogen-bond acceptors (Lipinski definition) is 5. The zero-order valence-electron chi connectivity index (χ0n) is 14.2. The van der Waals surface area contributed by atoms with Gasteiger partial charge in [-0.25, -0.2) is 5.10 Å². The highest BCUT2D eigenvalue weighted by molar-refractivity contribution is 7.71. The Morgan fingerprint density at radius 3 is 2.72 bits per heavy atom. The van der Waals surface area contributed by atoms with Gasteiger partial charge < -0.3 is 9.47 Å². The van der Waals surface area contributed by atoms with E-state index in [0.717, 1.165) is 22.4 Å². The molecule has 0 bridgehead atoms. The van der Waals surface area contributed by atoms with Crippen LogP contribution in [-0.4, -0.2) is 35.3 Å². The van der Waals surface area contributed by atoms with Gasteiger partial charge in [0.05, 0.1) is 20.4 Å². The lowest BCUT2D eigenvalue weighted by Crippen LogP contribution is -1.97. The lowest BCUT2D eigenvalue weighted by Gasteiger charge is -2.07. The van der Waals surface area contributed by atoms with E-state index < -0.39 is 0 Å². The SMILES string of the molecule is COc1ccc(OC)c(C=Nn2c(-c3cccc(C)c3)n[nH]c2=S)c1. The number of aryl methyl sites for hydroxylation is 1. The molecule has 3 rings (SSSR count). The minimum absolute atomic E-state index is 0.412. The smallest absolute Gasteiger partial charge is 0.216 e. The Hall–Kier alpha value is -2.93. The molecule has 0 spiro atoms. The number of H-pyrrole nitrogens is 1. The van der Waals surface area contributed by atoms with Gasteiger partial charge in [0.15, 0.2) is 5.82 Å². The van der Waals surface area contributed by atoms with Crippen LogP contribution in [0.3, 0.4) is 0 Å². The van der Waals surface area contributed by atoms with Crippen molar-refractivity contribution in [3.63, 3.8) is 0 Å². The molecule has 25 heavy (non-hydrogen) atoms. The Morgan fingerprint density at radius 1 is 1.16 bits per heavy atom. The van der Waals surface area contributed by atoms with Crippen molar-refractivity contribution in [1.82, 2.24) is 14.9 Å². The van der Waals surface area contributed by atoms with Gasteiger partial charge in [-0.1, -0.05) is 23.8 Å². The Labute approximate surface area is 150 Å². The summed E-state index contributed by atoms with van der Waals surface area (Å²) in [5, 5.41) is 11.6. The van der Waals surface area contributed by atoms with Gasteiger partial charge in [-0.2, -0.15) is 14.9 Å². The van der Waals surface area contributed by atoms with Crippen molar-refractivity contribution in [2.24, 2.45) is 5.10 Å².